The van der Waals surface area contributed by atoms with Crippen molar-refractivity contribution in [3.05, 3.63) is 0 Å². The molecule has 0 aliphatic carbocycles. The molecule has 10 heterocycles. The predicted octanol–water partition coefficient (Wildman–Crippen LogP) is 11.7. The van der Waals surface area contributed by atoms with Gasteiger partial charge in [-0.1, -0.05) is 0 Å². The Kier molecular flexibility index (Phi) is 1.74. The van der Waals surface area contributed by atoms with Crippen molar-refractivity contribution in [3.63, 3.8) is 0 Å². The van der Waals surface area contributed by atoms with E-state index in [0.29, 0.717) is 26.0 Å². The van der Waals surface area contributed by atoms with Crippen LogP contribution in [0.4, 0.5) is 0 Å². The summed E-state index contributed by atoms with van der Waals surface area (Å²) in [5, 5.41) is 1.96. The van der Waals surface area contributed by atoms with Crippen molar-refractivity contribution in [2.75, 3.05) is 12.3 Å². The molecule has 0 saturated carbocycles. The Hall–Kier alpha value is 1.38. The molecular formula is C32H56FeP2. The first-order valence-electron chi connectivity index (χ1n) is 15.0. The number of fused-ring (bicyclic) bond motifs is 10. The summed E-state index contributed by atoms with van der Waals surface area (Å²) in [7, 11) is 0.0442. The van der Waals surface area contributed by atoms with Crippen molar-refractivity contribution in [2.24, 2.45) is 5.41 Å². The van der Waals surface area contributed by atoms with E-state index in [2.05, 4.69) is 104 Å². The van der Waals surface area contributed by atoms with Crippen LogP contribution in [0.2, 0.25) is 46.7 Å². The fourth-order valence-corrected chi connectivity index (χ4v) is 120. The van der Waals surface area contributed by atoms with Gasteiger partial charge in [-0.25, -0.2) is 0 Å². The van der Waals surface area contributed by atoms with E-state index < -0.39 is 6.51 Å². The van der Waals surface area contributed by atoms with E-state index in [9.17, 15) is 0 Å². The molecule has 10 aliphatic heterocycles. The zero-order valence-electron chi connectivity index (χ0n) is 25.7. The maximum absolute atomic E-state index is 3.73. The Labute approximate surface area is 210 Å². The summed E-state index contributed by atoms with van der Waals surface area (Å²) in [6.07, 6.45) is 3.47. The van der Waals surface area contributed by atoms with Crippen LogP contribution in [-0.4, -0.2) is 32.9 Å². The van der Waals surface area contributed by atoms with Crippen LogP contribution < -0.4 is 0 Å². The molecule has 10 rings (SSSR count). The molecule has 1 spiro atoms. The van der Waals surface area contributed by atoms with Gasteiger partial charge < -0.3 is 0 Å². The van der Waals surface area contributed by atoms with Crippen LogP contribution in [0.5, 0.6) is 0 Å². The number of hydrogen-bond acceptors (Lipinski definition) is 0. The fourth-order valence-electron chi connectivity index (χ4n) is 24.2. The minimum atomic E-state index is -3.73. The van der Waals surface area contributed by atoms with E-state index in [4.69, 9.17) is 0 Å². The van der Waals surface area contributed by atoms with E-state index in [1.165, 1.54) is 33.7 Å². The molecule has 0 aromatic rings. The van der Waals surface area contributed by atoms with Crippen molar-refractivity contribution in [2.45, 2.75) is 171 Å². The Morgan fingerprint density at radius 1 is 0.486 bits per heavy atom. The van der Waals surface area contributed by atoms with Gasteiger partial charge in [0.25, 0.3) is 0 Å². The topological polar surface area (TPSA) is 0 Å². The van der Waals surface area contributed by atoms with Gasteiger partial charge in [-0.05, 0) is 0 Å². The summed E-state index contributed by atoms with van der Waals surface area (Å²) in [5.41, 5.74) is 0.598. The molecule has 202 valence electrons. The summed E-state index contributed by atoms with van der Waals surface area (Å²) < 4.78 is 2.86. The average Bonchev–Trinajstić information content (AvgIpc) is 3.53. The van der Waals surface area contributed by atoms with Gasteiger partial charge in [-0.15, -0.1) is 0 Å². The molecule has 3 heteroatoms. The van der Waals surface area contributed by atoms with E-state index in [0.717, 1.165) is 12.9 Å². The molecule has 0 aromatic carbocycles. The van der Waals surface area contributed by atoms with Gasteiger partial charge in [0, 0.05) is 0 Å². The first-order chi connectivity index (χ1) is 15.3. The fraction of sp³-hybridized carbons (Fsp3) is 1.00. The Balaban J connectivity index is 1.25. The Morgan fingerprint density at radius 3 is 0.914 bits per heavy atom. The SMILES string of the molecule is CC(C)(C)P(C[C]12[CH]3[C]4(C(C)(C)C)[CH]5[C]1(CP(C(C)(C)C)C(C)(C)C)[Fe]35241678[CH]2[CH]1[CH]6[CH]7[CH]28)C(C)(C)C. The molecule has 4 unspecified atom stereocenters. The second-order valence-electron chi connectivity index (χ2n) is 22.3. The van der Waals surface area contributed by atoms with Crippen LogP contribution >= 0.6 is 15.8 Å². The van der Waals surface area contributed by atoms with Crippen LogP contribution in [-0.2, 0) is 6.51 Å². The van der Waals surface area contributed by atoms with Gasteiger partial charge in [0.1, 0.15) is 0 Å². The molecule has 0 aromatic heterocycles. The van der Waals surface area contributed by atoms with Crippen molar-refractivity contribution in [1.82, 2.24) is 0 Å². The van der Waals surface area contributed by atoms with Gasteiger partial charge in [0.15, 0.2) is 0 Å². The number of hydrogen-bond donors (Lipinski definition) is 0. The summed E-state index contributed by atoms with van der Waals surface area (Å²) >= 11 is 0. The monoisotopic (exact) mass is 558 g/mol. The molecule has 35 heavy (non-hydrogen) atoms. The normalized spacial score (nSPS) is 71.3. The second-order valence-corrected chi connectivity index (χ2v) is 53.1. The Morgan fingerprint density at radius 2 is 0.743 bits per heavy atom. The molecule has 0 amide bonds. The van der Waals surface area contributed by atoms with E-state index >= 15 is 0 Å². The average molecular weight is 559 g/mol. The summed E-state index contributed by atoms with van der Waals surface area (Å²) in [6, 6.07) is 0. The molecule has 0 radical (unpaired) electrons. The van der Waals surface area contributed by atoms with E-state index in [1.54, 1.807) is 12.3 Å². The van der Waals surface area contributed by atoms with Crippen LogP contribution in [0.3, 0.4) is 0 Å². The van der Waals surface area contributed by atoms with Gasteiger partial charge in [0.2, 0.25) is 0 Å². The third-order valence-corrected chi connectivity index (χ3v) is 74.3. The molecule has 10 aliphatic rings. The molecule has 0 bridgehead atoms. The summed E-state index contributed by atoms with van der Waals surface area (Å²) in [4.78, 5) is 9.64. The molecule has 10 saturated heterocycles. The standard InChI is InChI=1S/C27H51P2.C5H5.Fe/c1-23(2,3)22-16-20(18-28(24(4,5)6)25(7,8)9)21(17-22)19-29(26(10,11)12)27(13,14)15;1-2-4-5-3-1;/h16-17H,18-19H2,1-15H3;1-5H;. The zero-order chi connectivity index (χ0) is 25.9. The third kappa shape index (κ3) is 0.487. The van der Waals surface area contributed by atoms with Crippen LogP contribution in [0, 0.1) is 5.41 Å². The van der Waals surface area contributed by atoms with E-state index in [-0.39, 0.29) is 15.8 Å². The molecule has 0 N–H and O–H groups in total. The van der Waals surface area contributed by atoms with Crippen molar-refractivity contribution >= 4 is 15.8 Å². The summed E-state index contributed by atoms with van der Waals surface area (Å²) in [5.74, 6) is 0. The van der Waals surface area contributed by atoms with Gasteiger partial charge >= 0.3 is 211 Å². The first-order valence-corrected chi connectivity index (χ1v) is 24.2. The first kappa shape index (κ1) is 22.1. The van der Waals surface area contributed by atoms with Gasteiger partial charge in [-0.3, -0.25) is 0 Å². The summed E-state index contributed by atoms with van der Waals surface area (Å²) in [6.45, 7) is 36.2. The molecule has 10 fully saturated rings. The van der Waals surface area contributed by atoms with E-state index in [1.807, 2.05) is 0 Å². The Bertz CT molecular complexity index is 1410. The zero-order valence-corrected chi connectivity index (χ0v) is 28.6. The predicted molar refractivity (Wildman–Crippen MR) is 156 cm³/mol. The van der Waals surface area contributed by atoms with Gasteiger partial charge in [-0.2, -0.15) is 0 Å². The van der Waals surface area contributed by atoms with Crippen LogP contribution in [0.1, 0.15) is 104 Å². The van der Waals surface area contributed by atoms with Crippen molar-refractivity contribution in [1.29, 1.82) is 0 Å². The second kappa shape index (κ2) is 2.75. The third-order valence-electron chi connectivity index (χ3n) is 20.8. The number of rotatable bonds is 4. The molecule has 0 nitrogen and oxygen atoms in total. The molecule has 4 atom stereocenters. The van der Waals surface area contributed by atoms with Crippen LogP contribution in [0.15, 0.2) is 0 Å². The molecular weight excluding hydrogens is 502 g/mol. The van der Waals surface area contributed by atoms with Crippen LogP contribution in [0.25, 0.3) is 0 Å². The van der Waals surface area contributed by atoms with Crippen molar-refractivity contribution < 1.29 is 6.51 Å². The quantitative estimate of drug-likeness (QED) is 0.238. The minimum absolute atomic E-state index is 0.0221. The van der Waals surface area contributed by atoms with Crippen molar-refractivity contribution in [3.8, 4) is 0 Å². The van der Waals surface area contributed by atoms with Gasteiger partial charge in [0.05, 0.1) is 0 Å². The maximum atomic E-state index is 2.77.